The van der Waals surface area contributed by atoms with Crippen molar-refractivity contribution in [2.45, 2.75) is 19.4 Å². The maximum atomic E-state index is 5.86. The van der Waals surface area contributed by atoms with Gasteiger partial charge in [0.15, 0.2) is 0 Å². The SMILES string of the molecule is CCC(CCl)Nc1ncnc2ccccc12. The van der Waals surface area contributed by atoms with E-state index in [4.69, 9.17) is 11.6 Å². The maximum Gasteiger partial charge on any atom is 0.137 e. The lowest BCUT2D eigenvalue weighted by Gasteiger charge is -2.15. The van der Waals surface area contributed by atoms with Gasteiger partial charge in [-0.2, -0.15) is 0 Å². The number of halogens is 1. The molecule has 1 N–H and O–H groups in total. The molecule has 0 aliphatic carbocycles. The van der Waals surface area contributed by atoms with Gasteiger partial charge >= 0.3 is 0 Å². The average molecular weight is 236 g/mol. The molecule has 0 spiro atoms. The van der Waals surface area contributed by atoms with Crippen molar-refractivity contribution in [3.63, 3.8) is 0 Å². The van der Waals surface area contributed by atoms with Crippen molar-refractivity contribution in [3.05, 3.63) is 30.6 Å². The van der Waals surface area contributed by atoms with Crippen LogP contribution in [-0.4, -0.2) is 21.9 Å². The molecule has 1 aromatic heterocycles. The molecule has 84 valence electrons. The summed E-state index contributed by atoms with van der Waals surface area (Å²) < 4.78 is 0. The third-order valence-electron chi connectivity index (χ3n) is 2.56. The summed E-state index contributed by atoms with van der Waals surface area (Å²) >= 11 is 5.86. The summed E-state index contributed by atoms with van der Waals surface area (Å²) in [6.07, 6.45) is 2.55. The van der Waals surface area contributed by atoms with Crippen molar-refractivity contribution in [2.75, 3.05) is 11.2 Å². The highest BCUT2D eigenvalue weighted by Gasteiger charge is 2.08. The fourth-order valence-corrected chi connectivity index (χ4v) is 1.86. The van der Waals surface area contributed by atoms with E-state index in [0.29, 0.717) is 5.88 Å². The lowest BCUT2D eigenvalue weighted by Crippen LogP contribution is -2.20. The van der Waals surface area contributed by atoms with Gasteiger partial charge in [-0.05, 0) is 18.6 Å². The molecule has 2 aromatic rings. The van der Waals surface area contributed by atoms with Crippen molar-refractivity contribution in [1.82, 2.24) is 9.97 Å². The summed E-state index contributed by atoms with van der Waals surface area (Å²) in [4.78, 5) is 8.48. The number of hydrogen-bond donors (Lipinski definition) is 1. The van der Waals surface area contributed by atoms with Crippen LogP contribution in [0.15, 0.2) is 30.6 Å². The maximum absolute atomic E-state index is 5.86. The first-order valence-corrected chi connectivity index (χ1v) is 5.91. The monoisotopic (exact) mass is 235 g/mol. The molecule has 0 aliphatic rings. The number of nitrogens with one attached hydrogen (secondary N) is 1. The van der Waals surface area contributed by atoms with Gasteiger partial charge in [0.2, 0.25) is 0 Å². The van der Waals surface area contributed by atoms with E-state index < -0.39 is 0 Å². The van der Waals surface area contributed by atoms with Crippen molar-refractivity contribution in [2.24, 2.45) is 0 Å². The second-order valence-electron chi connectivity index (χ2n) is 3.64. The van der Waals surface area contributed by atoms with Crippen LogP contribution in [0.4, 0.5) is 5.82 Å². The molecule has 1 heterocycles. The van der Waals surface area contributed by atoms with E-state index in [1.807, 2.05) is 24.3 Å². The summed E-state index contributed by atoms with van der Waals surface area (Å²) in [6.45, 7) is 2.10. The van der Waals surface area contributed by atoms with Crippen LogP contribution in [0.5, 0.6) is 0 Å². The molecule has 1 unspecified atom stereocenters. The molecule has 2 rings (SSSR count). The number of para-hydroxylation sites is 1. The number of nitrogens with zero attached hydrogens (tertiary/aromatic N) is 2. The van der Waals surface area contributed by atoms with Crippen molar-refractivity contribution >= 4 is 28.3 Å². The first-order valence-electron chi connectivity index (χ1n) is 5.37. The Hall–Kier alpha value is -1.35. The molecule has 1 atom stereocenters. The van der Waals surface area contributed by atoms with E-state index in [2.05, 4.69) is 22.2 Å². The summed E-state index contributed by atoms with van der Waals surface area (Å²) in [7, 11) is 0. The van der Waals surface area contributed by atoms with Gasteiger partial charge in [-0.15, -0.1) is 11.6 Å². The van der Waals surface area contributed by atoms with E-state index in [9.17, 15) is 0 Å². The number of anilines is 1. The van der Waals surface area contributed by atoms with Gasteiger partial charge in [-0.25, -0.2) is 9.97 Å². The third-order valence-corrected chi connectivity index (χ3v) is 2.94. The zero-order chi connectivity index (χ0) is 11.4. The molecule has 0 radical (unpaired) electrons. The molecule has 1 aromatic carbocycles. The molecule has 3 nitrogen and oxygen atoms in total. The normalized spacial score (nSPS) is 12.6. The molecule has 4 heteroatoms. The van der Waals surface area contributed by atoms with Gasteiger partial charge in [-0.3, -0.25) is 0 Å². The van der Waals surface area contributed by atoms with Crippen LogP contribution in [0.1, 0.15) is 13.3 Å². The fourth-order valence-electron chi connectivity index (χ4n) is 1.56. The quantitative estimate of drug-likeness (QED) is 0.828. The molecular formula is C12H14ClN3. The highest BCUT2D eigenvalue weighted by molar-refractivity contribution is 6.18. The molecule has 0 amide bonds. The van der Waals surface area contributed by atoms with E-state index >= 15 is 0 Å². The van der Waals surface area contributed by atoms with E-state index in [-0.39, 0.29) is 6.04 Å². The number of alkyl halides is 1. The van der Waals surface area contributed by atoms with Crippen LogP contribution in [0.3, 0.4) is 0 Å². The van der Waals surface area contributed by atoms with Crippen LogP contribution in [0, 0.1) is 0 Å². The Labute approximate surface area is 99.9 Å². The van der Waals surface area contributed by atoms with Crippen LogP contribution in [-0.2, 0) is 0 Å². The van der Waals surface area contributed by atoms with Gasteiger partial charge in [-0.1, -0.05) is 19.1 Å². The Bertz CT molecular complexity index is 463. The predicted molar refractivity (Wildman–Crippen MR) is 68.0 cm³/mol. The Morgan fingerprint density at radius 2 is 2.12 bits per heavy atom. The third kappa shape index (κ3) is 2.25. The Kier molecular flexibility index (Phi) is 3.57. The van der Waals surface area contributed by atoms with Gasteiger partial charge in [0, 0.05) is 17.3 Å². The van der Waals surface area contributed by atoms with Gasteiger partial charge < -0.3 is 5.32 Å². The van der Waals surface area contributed by atoms with Gasteiger partial charge in [0.25, 0.3) is 0 Å². The second kappa shape index (κ2) is 5.12. The smallest absolute Gasteiger partial charge is 0.137 e. The Morgan fingerprint density at radius 3 is 2.88 bits per heavy atom. The largest absolute Gasteiger partial charge is 0.366 e. The minimum absolute atomic E-state index is 0.250. The van der Waals surface area contributed by atoms with E-state index in [1.54, 1.807) is 6.33 Å². The molecule has 16 heavy (non-hydrogen) atoms. The van der Waals surface area contributed by atoms with Gasteiger partial charge in [0.05, 0.1) is 5.52 Å². The van der Waals surface area contributed by atoms with Crippen molar-refractivity contribution < 1.29 is 0 Å². The fraction of sp³-hybridized carbons (Fsp3) is 0.333. The van der Waals surface area contributed by atoms with Gasteiger partial charge in [0.1, 0.15) is 12.1 Å². The number of aromatic nitrogens is 2. The molecule has 0 bridgehead atoms. The number of fused-ring (bicyclic) bond motifs is 1. The predicted octanol–water partition coefficient (Wildman–Crippen LogP) is 3.06. The van der Waals surface area contributed by atoms with Crippen LogP contribution in [0.25, 0.3) is 10.9 Å². The highest BCUT2D eigenvalue weighted by Crippen LogP contribution is 2.19. The second-order valence-corrected chi connectivity index (χ2v) is 3.95. The number of hydrogen-bond acceptors (Lipinski definition) is 3. The first kappa shape index (κ1) is 11.1. The zero-order valence-electron chi connectivity index (χ0n) is 9.15. The number of rotatable bonds is 4. The molecule has 0 saturated carbocycles. The van der Waals surface area contributed by atoms with Crippen molar-refractivity contribution in [3.8, 4) is 0 Å². The van der Waals surface area contributed by atoms with Crippen molar-refractivity contribution in [1.29, 1.82) is 0 Å². The molecule has 0 aliphatic heterocycles. The lowest BCUT2D eigenvalue weighted by atomic mass is 10.2. The standard InChI is InChI=1S/C12H14ClN3/c1-2-9(7-13)16-12-10-5-3-4-6-11(10)14-8-15-12/h3-6,8-9H,2,7H2,1H3,(H,14,15,16). The summed E-state index contributed by atoms with van der Waals surface area (Å²) in [6, 6.07) is 8.19. The topological polar surface area (TPSA) is 37.8 Å². The van der Waals surface area contributed by atoms with Crippen LogP contribution in [0.2, 0.25) is 0 Å². The average Bonchev–Trinajstić information content (AvgIpc) is 2.36. The zero-order valence-corrected chi connectivity index (χ0v) is 9.91. The summed E-state index contributed by atoms with van der Waals surface area (Å²) in [5.41, 5.74) is 0.949. The van der Waals surface area contributed by atoms with Crippen LogP contribution < -0.4 is 5.32 Å². The molecular weight excluding hydrogens is 222 g/mol. The van der Waals surface area contributed by atoms with E-state index in [1.165, 1.54) is 0 Å². The lowest BCUT2D eigenvalue weighted by molar-refractivity contribution is 0.766. The highest BCUT2D eigenvalue weighted by atomic mass is 35.5. The molecule has 0 saturated heterocycles. The summed E-state index contributed by atoms with van der Waals surface area (Å²) in [5, 5.41) is 4.37. The first-order chi connectivity index (χ1) is 7.85. The summed E-state index contributed by atoms with van der Waals surface area (Å²) in [5.74, 6) is 1.44. The Morgan fingerprint density at radius 1 is 1.31 bits per heavy atom. The Balaban J connectivity index is 2.36. The van der Waals surface area contributed by atoms with Crippen LogP contribution >= 0.6 is 11.6 Å². The van der Waals surface area contributed by atoms with E-state index in [0.717, 1.165) is 23.1 Å². The molecule has 0 fully saturated rings. The minimum atomic E-state index is 0.250. The minimum Gasteiger partial charge on any atom is -0.366 e. The number of benzene rings is 1.